The van der Waals surface area contributed by atoms with Gasteiger partial charge < -0.3 is 0 Å². The van der Waals surface area contributed by atoms with Gasteiger partial charge in [-0.2, -0.15) is 5.10 Å². The van der Waals surface area contributed by atoms with Crippen LogP contribution in [0.1, 0.15) is 54.3 Å². The molecule has 6 rings (SSSR count). The average molecular weight is 389 g/mol. The number of hydrogen-bond acceptors (Lipinski definition) is 1. The third-order valence-corrected chi connectivity index (χ3v) is 6.53. The van der Waals surface area contributed by atoms with Crippen LogP contribution in [0, 0.1) is 0 Å². The lowest BCUT2D eigenvalue weighted by Gasteiger charge is -2.35. The van der Waals surface area contributed by atoms with E-state index in [0.717, 1.165) is 5.69 Å². The van der Waals surface area contributed by atoms with Crippen molar-refractivity contribution in [3.8, 4) is 11.3 Å². The second-order valence-corrected chi connectivity index (χ2v) is 9.34. The smallest absolute Gasteiger partial charge is 0.140 e. The van der Waals surface area contributed by atoms with Gasteiger partial charge >= 0.3 is 0 Å². The molecule has 0 fully saturated rings. The largest absolute Gasteiger partial charge is 0.245 e. The molecule has 0 radical (unpaired) electrons. The zero-order valence-corrected chi connectivity index (χ0v) is 17.6. The van der Waals surface area contributed by atoms with E-state index >= 15 is 0 Å². The molecule has 1 spiro atoms. The van der Waals surface area contributed by atoms with Crippen LogP contribution in [0.25, 0.3) is 23.4 Å². The lowest BCUT2D eigenvalue weighted by atomic mass is 9.75. The summed E-state index contributed by atoms with van der Waals surface area (Å²) in [7, 11) is 0. The van der Waals surface area contributed by atoms with Crippen LogP contribution in [-0.2, 0) is 11.0 Å². The van der Waals surface area contributed by atoms with Crippen LogP contribution in [0.5, 0.6) is 0 Å². The Morgan fingerprint density at radius 1 is 0.700 bits per heavy atom. The zero-order valence-electron chi connectivity index (χ0n) is 17.6. The van der Waals surface area contributed by atoms with E-state index in [1.54, 1.807) is 0 Å². The van der Waals surface area contributed by atoms with E-state index in [2.05, 4.69) is 116 Å². The molecule has 0 N–H and O–H groups in total. The van der Waals surface area contributed by atoms with Crippen molar-refractivity contribution in [2.24, 2.45) is 0 Å². The van der Waals surface area contributed by atoms with Gasteiger partial charge in [0.05, 0.1) is 11.4 Å². The van der Waals surface area contributed by atoms with Crippen LogP contribution in [0.2, 0.25) is 0 Å². The molecule has 1 aliphatic carbocycles. The quantitative estimate of drug-likeness (QED) is 0.291. The summed E-state index contributed by atoms with van der Waals surface area (Å²) in [5, 5.41) is 5.28. The second-order valence-electron chi connectivity index (χ2n) is 9.34. The van der Waals surface area contributed by atoms with Crippen LogP contribution in [0.3, 0.4) is 0 Å². The van der Waals surface area contributed by atoms with Gasteiger partial charge in [-0.05, 0) is 33.9 Å². The molecule has 2 nitrogen and oxygen atoms in total. The van der Waals surface area contributed by atoms with Gasteiger partial charge in [0.15, 0.2) is 0 Å². The number of rotatable bonds is 0. The third kappa shape index (κ3) is 2.11. The summed E-state index contributed by atoms with van der Waals surface area (Å²) in [5.74, 6) is 0. The van der Waals surface area contributed by atoms with Crippen molar-refractivity contribution < 1.29 is 0 Å². The Bertz CT molecular complexity index is 1280. The highest BCUT2D eigenvalue weighted by Crippen LogP contribution is 2.54. The first kappa shape index (κ1) is 17.5. The van der Waals surface area contributed by atoms with Crippen molar-refractivity contribution in [2.75, 3.05) is 0 Å². The second kappa shape index (κ2) is 5.82. The van der Waals surface area contributed by atoms with Gasteiger partial charge in [0.25, 0.3) is 0 Å². The molecule has 30 heavy (non-hydrogen) atoms. The monoisotopic (exact) mass is 388 g/mol. The van der Waals surface area contributed by atoms with Gasteiger partial charge in [-0.15, -0.1) is 0 Å². The number of nitrogens with zero attached hydrogens (tertiary/aromatic N) is 2. The highest BCUT2D eigenvalue weighted by atomic mass is 15.4. The predicted octanol–water partition coefficient (Wildman–Crippen LogP) is 6.49. The fourth-order valence-corrected chi connectivity index (χ4v) is 5.12. The highest BCUT2D eigenvalue weighted by Gasteiger charge is 2.49. The van der Waals surface area contributed by atoms with E-state index in [9.17, 15) is 0 Å². The van der Waals surface area contributed by atoms with E-state index in [1.165, 1.54) is 39.1 Å². The molecule has 146 valence electrons. The van der Waals surface area contributed by atoms with Crippen LogP contribution in [0.4, 0.5) is 0 Å². The van der Waals surface area contributed by atoms with Crippen LogP contribution in [0.15, 0.2) is 78.9 Å². The molecule has 4 aromatic rings. The van der Waals surface area contributed by atoms with Crippen LogP contribution < -0.4 is 0 Å². The normalized spacial score (nSPS) is 15.3. The van der Waals surface area contributed by atoms with Crippen molar-refractivity contribution >= 4 is 12.2 Å². The number of fused-ring (bicyclic) bond motifs is 9. The maximum atomic E-state index is 5.28. The number of aromatic nitrogens is 2. The van der Waals surface area contributed by atoms with Gasteiger partial charge in [-0.25, -0.2) is 4.68 Å². The molecule has 1 aromatic heterocycles. The van der Waals surface area contributed by atoms with Gasteiger partial charge in [-0.1, -0.05) is 106 Å². The minimum Gasteiger partial charge on any atom is -0.245 e. The first-order valence-corrected chi connectivity index (χ1v) is 10.6. The summed E-state index contributed by atoms with van der Waals surface area (Å²) >= 11 is 0. The van der Waals surface area contributed by atoms with Gasteiger partial charge in [0, 0.05) is 11.0 Å². The lowest BCUT2D eigenvalue weighted by molar-refractivity contribution is 0.461. The Kier molecular flexibility index (Phi) is 3.39. The Morgan fingerprint density at radius 3 is 1.83 bits per heavy atom. The van der Waals surface area contributed by atoms with Crippen molar-refractivity contribution in [1.82, 2.24) is 9.78 Å². The summed E-state index contributed by atoms with van der Waals surface area (Å²) in [5.41, 5.74) is 9.43. The maximum Gasteiger partial charge on any atom is 0.140 e. The van der Waals surface area contributed by atoms with Crippen LogP contribution in [-0.4, -0.2) is 9.78 Å². The molecule has 0 saturated carbocycles. The Balaban J connectivity index is 1.83. The van der Waals surface area contributed by atoms with Crippen molar-refractivity contribution in [2.45, 2.75) is 31.7 Å². The summed E-state index contributed by atoms with van der Waals surface area (Å²) < 4.78 is 2.29. The van der Waals surface area contributed by atoms with E-state index < -0.39 is 5.54 Å². The first-order chi connectivity index (χ1) is 14.5. The van der Waals surface area contributed by atoms with Gasteiger partial charge in [0.1, 0.15) is 5.54 Å². The first-order valence-electron chi connectivity index (χ1n) is 10.6. The standard InChI is InChI=1S/C28H24N2/c1-27(2,3)26-18-25-21-12-6-9-15-24(21)28(30(25)29-26)22-13-7-4-10-19(22)16-17-20-11-5-8-14-23(20)28/h4-18H,1-3H3. The summed E-state index contributed by atoms with van der Waals surface area (Å²) in [6, 6.07) is 28.6. The van der Waals surface area contributed by atoms with E-state index in [1.807, 2.05) is 0 Å². The minimum absolute atomic E-state index is 0.0184. The van der Waals surface area contributed by atoms with Crippen LogP contribution >= 0.6 is 0 Å². The molecule has 3 aromatic carbocycles. The van der Waals surface area contributed by atoms with Crippen molar-refractivity contribution in [1.29, 1.82) is 0 Å². The maximum absolute atomic E-state index is 5.28. The molecule has 1 aliphatic heterocycles. The zero-order chi connectivity index (χ0) is 20.5. The minimum atomic E-state index is -0.480. The Morgan fingerprint density at radius 2 is 1.23 bits per heavy atom. The molecule has 2 heteroatoms. The van der Waals surface area contributed by atoms with Crippen molar-refractivity contribution in [3.05, 3.63) is 112 Å². The van der Waals surface area contributed by atoms with E-state index in [-0.39, 0.29) is 5.41 Å². The Hall–Kier alpha value is -3.39. The highest BCUT2D eigenvalue weighted by molar-refractivity contribution is 5.84. The molecule has 2 heterocycles. The number of benzene rings is 3. The molecular formula is C28H24N2. The van der Waals surface area contributed by atoms with E-state index in [0.29, 0.717) is 0 Å². The average Bonchev–Trinajstić information content (AvgIpc) is 3.26. The van der Waals surface area contributed by atoms with Gasteiger partial charge in [0.2, 0.25) is 0 Å². The molecule has 0 amide bonds. The van der Waals surface area contributed by atoms with Crippen molar-refractivity contribution in [3.63, 3.8) is 0 Å². The predicted molar refractivity (Wildman–Crippen MR) is 123 cm³/mol. The fourth-order valence-electron chi connectivity index (χ4n) is 5.12. The molecular weight excluding hydrogens is 364 g/mol. The lowest BCUT2D eigenvalue weighted by Crippen LogP contribution is -2.37. The van der Waals surface area contributed by atoms with E-state index in [4.69, 9.17) is 5.10 Å². The molecule has 0 saturated heterocycles. The summed E-state index contributed by atoms with van der Waals surface area (Å²) in [6.07, 6.45) is 4.50. The molecule has 0 bridgehead atoms. The summed E-state index contributed by atoms with van der Waals surface area (Å²) in [6.45, 7) is 6.71. The summed E-state index contributed by atoms with van der Waals surface area (Å²) in [4.78, 5) is 0. The topological polar surface area (TPSA) is 17.8 Å². The number of hydrogen-bond donors (Lipinski definition) is 0. The molecule has 0 atom stereocenters. The molecule has 2 aliphatic rings. The SMILES string of the molecule is CC(C)(C)c1cc2n(n1)C1(c3ccccc3C=Cc3ccccc31)c1ccccc1-2. The fraction of sp³-hybridized carbons (Fsp3) is 0.179. The molecule has 0 unspecified atom stereocenters. The third-order valence-electron chi connectivity index (χ3n) is 6.53. The Labute approximate surface area is 177 Å². The van der Waals surface area contributed by atoms with Gasteiger partial charge in [-0.3, -0.25) is 0 Å².